The van der Waals surface area contributed by atoms with E-state index in [0.717, 1.165) is 0 Å². The molecule has 0 aliphatic heterocycles. The lowest BCUT2D eigenvalue weighted by molar-refractivity contribution is -0.154. The van der Waals surface area contributed by atoms with Crippen LogP contribution in [0.3, 0.4) is 0 Å². The zero-order chi connectivity index (χ0) is 13.5. The van der Waals surface area contributed by atoms with Crippen LogP contribution in [-0.2, 0) is 14.3 Å². The van der Waals surface area contributed by atoms with Crippen molar-refractivity contribution in [3.8, 4) is 5.75 Å². The number of nitrogen functional groups attached to an aromatic ring is 1. The maximum Gasteiger partial charge on any atom is 0.310 e. The predicted octanol–water partition coefficient (Wildman–Crippen LogP) is 0.455. The molecule has 1 amide bonds. The number of hydrogen-bond acceptors (Lipinski definition) is 5. The van der Waals surface area contributed by atoms with E-state index in [-0.39, 0.29) is 13.0 Å². The summed E-state index contributed by atoms with van der Waals surface area (Å²) in [6, 6.07) is 6.96. The fourth-order valence-electron chi connectivity index (χ4n) is 1.17. The molecule has 1 unspecified atom stereocenters. The van der Waals surface area contributed by atoms with Crippen LogP contribution in [-0.4, -0.2) is 24.6 Å². The van der Waals surface area contributed by atoms with E-state index in [0.29, 0.717) is 11.4 Å². The molecule has 1 rings (SSSR count). The summed E-state index contributed by atoms with van der Waals surface area (Å²) in [5, 5.41) is 0. The minimum absolute atomic E-state index is 0.0198. The second-order valence-corrected chi connectivity index (χ2v) is 3.67. The minimum atomic E-state index is -0.931. The predicted molar refractivity (Wildman–Crippen MR) is 65.7 cm³/mol. The van der Waals surface area contributed by atoms with Crippen LogP contribution in [0.4, 0.5) is 5.69 Å². The molecular formula is C12H16N2O4. The lowest BCUT2D eigenvalue weighted by atomic mass is 10.3. The summed E-state index contributed by atoms with van der Waals surface area (Å²) in [4.78, 5) is 22.0. The van der Waals surface area contributed by atoms with Crippen LogP contribution in [0.2, 0.25) is 0 Å². The highest BCUT2D eigenvalue weighted by Crippen LogP contribution is 2.19. The summed E-state index contributed by atoms with van der Waals surface area (Å²) in [5.74, 6) is -0.722. The van der Waals surface area contributed by atoms with E-state index in [1.54, 1.807) is 24.3 Å². The number of ether oxygens (including phenoxy) is 2. The van der Waals surface area contributed by atoms with Gasteiger partial charge in [-0.3, -0.25) is 9.59 Å². The Morgan fingerprint density at radius 2 is 2.00 bits per heavy atom. The van der Waals surface area contributed by atoms with E-state index >= 15 is 0 Å². The number of carbonyl (C=O) groups is 2. The molecule has 0 radical (unpaired) electrons. The van der Waals surface area contributed by atoms with E-state index in [9.17, 15) is 9.59 Å². The normalized spacial score (nSPS) is 11.6. The van der Waals surface area contributed by atoms with E-state index in [2.05, 4.69) is 0 Å². The van der Waals surface area contributed by atoms with Gasteiger partial charge in [0.05, 0.1) is 18.7 Å². The van der Waals surface area contributed by atoms with Gasteiger partial charge >= 0.3 is 5.97 Å². The summed E-state index contributed by atoms with van der Waals surface area (Å²) < 4.78 is 10.1. The fraction of sp³-hybridized carbons (Fsp3) is 0.333. The van der Waals surface area contributed by atoms with Crippen LogP contribution >= 0.6 is 0 Å². The number of hydrogen-bond donors (Lipinski definition) is 2. The zero-order valence-corrected chi connectivity index (χ0v) is 10.1. The number of para-hydroxylation sites is 2. The SMILES string of the molecule is CC(OC(=O)CCOc1ccccc1N)C(N)=O. The molecule has 4 N–H and O–H groups in total. The van der Waals surface area contributed by atoms with Gasteiger partial charge < -0.3 is 20.9 Å². The van der Waals surface area contributed by atoms with Gasteiger partial charge in [-0.05, 0) is 19.1 Å². The molecule has 0 aliphatic rings. The van der Waals surface area contributed by atoms with Crippen molar-refractivity contribution in [3.05, 3.63) is 24.3 Å². The minimum Gasteiger partial charge on any atom is -0.491 e. The molecule has 0 saturated heterocycles. The van der Waals surface area contributed by atoms with Gasteiger partial charge in [0, 0.05) is 0 Å². The first-order valence-electron chi connectivity index (χ1n) is 5.47. The van der Waals surface area contributed by atoms with Gasteiger partial charge in [0.2, 0.25) is 0 Å². The Morgan fingerprint density at radius 3 is 2.61 bits per heavy atom. The zero-order valence-electron chi connectivity index (χ0n) is 10.1. The second kappa shape index (κ2) is 6.48. The smallest absolute Gasteiger partial charge is 0.310 e. The molecule has 6 nitrogen and oxygen atoms in total. The number of nitrogens with two attached hydrogens (primary N) is 2. The molecule has 18 heavy (non-hydrogen) atoms. The van der Waals surface area contributed by atoms with Crippen LogP contribution in [0.5, 0.6) is 5.75 Å². The topological polar surface area (TPSA) is 105 Å². The maximum atomic E-state index is 11.3. The molecule has 98 valence electrons. The maximum absolute atomic E-state index is 11.3. The van der Waals surface area contributed by atoms with E-state index in [1.807, 2.05) is 0 Å². The Bertz CT molecular complexity index is 434. The summed E-state index contributed by atoms with van der Waals surface area (Å²) in [6.45, 7) is 1.54. The lowest BCUT2D eigenvalue weighted by Gasteiger charge is -2.10. The molecule has 0 aromatic heterocycles. The van der Waals surface area contributed by atoms with Crippen molar-refractivity contribution in [1.29, 1.82) is 0 Å². The molecule has 0 aliphatic carbocycles. The van der Waals surface area contributed by atoms with Crippen molar-refractivity contribution in [1.82, 2.24) is 0 Å². The van der Waals surface area contributed by atoms with Crippen molar-refractivity contribution in [3.63, 3.8) is 0 Å². The molecule has 1 aromatic carbocycles. The largest absolute Gasteiger partial charge is 0.491 e. The summed E-state index contributed by atoms with van der Waals surface area (Å²) in [5.41, 5.74) is 11.1. The molecule has 0 heterocycles. The number of amides is 1. The van der Waals surface area contributed by atoms with Crippen molar-refractivity contribution in [2.24, 2.45) is 5.73 Å². The second-order valence-electron chi connectivity index (χ2n) is 3.67. The van der Waals surface area contributed by atoms with Gasteiger partial charge in [-0.1, -0.05) is 12.1 Å². The quantitative estimate of drug-likeness (QED) is 0.565. The summed E-state index contributed by atoms with van der Waals surface area (Å²) in [6.07, 6.45) is -0.911. The Kier molecular flexibility index (Phi) is 4.98. The average Bonchev–Trinajstić information content (AvgIpc) is 2.31. The number of benzene rings is 1. The average molecular weight is 252 g/mol. The Morgan fingerprint density at radius 1 is 1.33 bits per heavy atom. The number of rotatable bonds is 6. The third-order valence-corrected chi connectivity index (χ3v) is 2.19. The molecule has 0 saturated carbocycles. The van der Waals surface area contributed by atoms with Crippen molar-refractivity contribution >= 4 is 17.6 Å². The monoisotopic (exact) mass is 252 g/mol. The summed E-state index contributed by atoms with van der Waals surface area (Å²) in [7, 11) is 0. The molecule has 0 fully saturated rings. The lowest BCUT2D eigenvalue weighted by Crippen LogP contribution is -2.30. The Hall–Kier alpha value is -2.24. The third-order valence-electron chi connectivity index (χ3n) is 2.19. The van der Waals surface area contributed by atoms with Crippen molar-refractivity contribution < 1.29 is 19.1 Å². The highest BCUT2D eigenvalue weighted by atomic mass is 16.5. The molecule has 0 bridgehead atoms. The van der Waals surface area contributed by atoms with Gasteiger partial charge in [0.15, 0.2) is 6.10 Å². The van der Waals surface area contributed by atoms with Crippen molar-refractivity contribution in [2.45, 2.75) is 19.4 Å². The Labute approximate surface area is 105 Å². The van der Waals surface area contributed by atoms with Crippen LogP contribution < -0.4 is 16.2 Å². The number of carbonyl (C=O) groups excluding carboxylic acids is 2. The van der Waals surface area contributed by atoms with Gasteiger partial charge in [0.1, 0.15) is 5.75 Å². The highest BCUT2D eigenvalue weighted by molar-refractivity contribution is 5.81. The fourth-order valence-corrected chi connectivity index (χ4v) is 1.17. The first kappa shape index (κ1) is 13.8. The van der Waals surface area contributed by atoms with Gasteiger partial charge in [-0.15, -0.1) is 0 Å². The molecular weight excluding hydrogens is 236 g/mol. The van der Waals surface area contributed by atoms with Crippen LogP contribution in [0, 0.1) is 0 Å². The van der Waals surface area contributed by atoms with Gasteiger partial charge in [0.25, 0.3) is 5.91 Å². The molecule has 1 atom stereocenters. The third kappa shape index (κ3) is 4.32. The molecule has 1 aromatic rings. The van der Waals surface area contributed by atoms with Crippen LogP contribution in [0.1, 0.15) is 13.3 Å². The standard InChI is InChI=1S/C12H16N2O4/c1-8(12(14)16)18-11(15)6-7-17-10-5-3-2-4-9(10)13/h2-5,8H,6-7,13H2,1H3,(H2,14,16). The van der Waals surface area contributed by atoms with E-state index in [1.165, 1.54) is 6.92 Å². The first-order valence-corrected chi connectivity index (χ1v) is 5.47. The van der Waals surface area contributed by atoms with Crippen LogP contribution in [0.15, 0.2) is 24.3 Å². The number of esters is 1. The van der Waals surface area contributed by atoms with Gasteiger partial charge in [-0.2, -0.15) is 0 Å². The Balaban J connectivity index is 2.32. The molecule has 6 heteroatoms. The highest BCUT2D eigenvalue weighted by Gasteiger charge is 2.14. The van der Waals surface area contributed by atoms with E-state index < -0.39 is 18.0 Å². The van der Waals surface area contributed by atoms with Crippen molar-refractivity contribution in [2.75, 3.05) is 12.3 Å². The molecule has 0 spiro atoms. The van der Waals surface area contributed by atoms with Gasteiger partial charge in [-0.25, -0.2) is 0 Å². The number of primary amides is 1. The van der Waals surface area contributed by atoms with Crippen LogP contribution in [0.25, 0.3) is 0 Å². The first-order chi connectivity index (χ1) is 8.50. The number of anilines is 1. The summed E-state index contributed by atoms with van der Waals surface area (Å²) >= 11 is 0. The van der Waals surface area contributed by atoms with E-state index in [4.69, 9.17) is 20.9 Å².